The second-order valence-corrected chi connectivity index (χ2v) is 7.39. The van der Waals surface area contributed by atoms with E-state index in [1.807, 2.05) is 31.2 Å². The second kappa shape index (κ2) is 8.31. The van der Waals surface area contributed by atoms with Crippen LogP contribution in [0.4, 0.5) is 11.4 Å². The van der Waals surface area contributed by atoms with E-state index in [-0.39, 0.29) is 11.6 Å². The summed E-state index contributed by atoms with van der Waals surface area (Å²) in [6, 6.07) is 12.0. The van der Waals surface area contributed by atoms with Gasteiger partial charge in [-0.25, -0.2) is 0 Å². The molecule has 0 aliphatic carbocycles. The van der Waals surface area contributed by atoms with Crippen molar-refractivity contribution in [2.75, 3.05) is 18.4 Å². The zero-order chi connectivity index (χ0) is 19.4. The van der Waals surface area contributed by atoms with Crippen LogP contribution in [0, 0.1) is 23.0 Å². The topological polar surface area (TPSA) is 75.5 Å². The highest BCUT2D eigenvalue weighted by molar-refractivity contribution is 6.04. The molecule has 27 heavy (non-hydrogen) atoms. The van der Waals surface area contributed by atoms with E-state index in [1.165, 1.54) is 30.5 Å². The minimum Gasteiger partial charge on any atom is -0.321 e. The van der Waals surface area contributed by atoms with Gasteiger partial charge in [0.1, 0.15) is 0 Å². The lowest BCUT2D eigenvalue weighted by Gasteiger charge is -2.30. The predicted molar refractivity (Wildman–Crippen MR) is 106 cm³/mol. The average Bonchev–Trinajstić information content (AvgIpc) is 2.64. The Bertz CT molecular complexity index is 833. The number of likely N-dealkylation sites (tertiary alicyclic amines) is 1. The summed E-state index contributed by atoms with van der Waals surface area (Å²) in [4.78, 5) is 25.4. The van der Waals surface area contributed by atoms with E-state index >= 15 is 0 Å². The van der Waals surface area contributed by atoms with Crippen LogP contribution in [0.25, 0.3) is 0 Å². The molecule has 0 unspecified atom stereocenters. The number of carbonyl (C=O) groups is 1. The molecule has 1 amide bonds. The van der Waals surface area contributed by atoms with Crippen molar-refractivity contribution in [1.82, 2.24) is 4.90 Å². The Labute approximate surface area is 159 Å². The number of nitro groups is 1. The van der Waals surface area contributed by atoms with Gasteiger partial charge in [0.25, 0.3) is 11.6 Å². The van der Waals surface area contributed by atoms with E-state index < -0.39 is 4.92 Å². The average molecular weight is 367 g/mol. The van der Waals surface area contributed by atoms with Crippen molar-refractivity contribution in [3.8, 4) is 0 Å². The lowest BCUT2D eigenvalue weighted by atomic mass is 9.99. The number of amides is 1. The third-order valence-electron chi connectivity index (χ3n) is 5.04. The number of non-ortho nitro benzene ring substituents is 1. The van der Waals surface area contributed by atoms with Crippen LogP contribution in [0.3, 0.4) is 0 Å². The molecule has 1 saturated heterocycles. The number of piperidine rings is 1. The molecule has 1 heterocycles. The van der Waals surface area contributed by atoms with Gasteiger partial charge in [-0.05, 0) is 55.5 Å². The zero-order valence-electron chi connectivity index (χ0n) is 15.8. The van der Waals surface area contributed by atoms with Gasteiger partial charge in [0.15, 0.2) is 0 Å². The number of hydrogen-bond donors (Lipinski definition) is 1. The third kappa shape index (κ3) is 4.92. The molecule has 2 aromatic rings. The van der Waals surface area contributed by atoms with Gasteiger partial charge in [-0.3, -0.25) is 19.8 Å². The summed E-state index contributed by atoms with van der Waals surface area (Å²) in [6.45, 7) is 7.24. The number of aryl methyl sites for hydroxylation is 1. The normalized spacial score (nSPS) is 17.5. The molecule has 6 nitrogen and oxygen atoms in total. The molecule has 1 N–H and O–H groups in total. The lowest BCUT2D eigenvalue weighted by Crippen LogP contribution is -2.33. The van der Waals surface area contributed by atoms with Gasteiger partial charge in [-0.2, -0.15) is 0 Å². The zero-order valence-corrected chi connectivity index (χ0v) is 15.8. The number of nitrogens with zero attached hydrogens (tertiary/aromatic N) is 2. The van der Waals surface area contributed by atoms with Crippen LogP contribution in [0.15, 0.2) is 42.5 Å². The molecule has 3 rings (SSSR count). The molecule has 1 fully saturated rings. The first-order valence-corrected chi connectivity index (χ1v) is 9.30. The Balaban J connectivity index is 1.65. The van der Waals surface area contributed by atoms with Crippen LogP contribution in [-0.4, -0.2) is 28.8 Å². The number of anilines is 1. The molecule has 1 aliphatic rings. The highest BCUT2D eigenvalue weighted by Crippen LogP contribution is 2.23. The molecule has 1 atom stereocenters. The Morgan fingerprint density at radius 3 is 2.67 bits per heavy atom. The Morgan fingerprint density at radius 1 is 1.26 bits per heavy atom. The number of carbonyl (C=O) groups excluding carboxylic acids is 1. The summed E-state index contributed by atoms with van der Waals surface area (Å²) < 4.78 is 0. The van der Waals surface area contributed by atoms with Crippen LogP contribution in [-0.2, 0) is 6.54 Å². The summed E-state index contributed by atoms with van der Waals surface area (Å²) >= 11 is 0. The number of nitro benzene ring substituents is 1. The van der Waals surface area contributed by atoms with Gasteiger partial charge < -0.3 is 5.32 Å². The van der Waals surface area contributed by atoms with Gasteiger partial charge in [-0.15, -0.1) is 0 Å². The first-order valence-electron chi connectivity index (χ1n) is 9.30. The molecule has 0 bridgehead atoms. The Kier molecular flexibility index (Phi) is 5.86. The van der Waals surface area contributed by atoms with Crippen LogP contribution in [0.1, 0.15) is 41.3 Å². The van der Waals surface area contributed by atoms with Gasteiger partial charge in [0.2, 0.25) is 0 Å². The molecule has 1 aliphatic heterocycles. The molecule has 2 aromatic carbocycles. The number of hydrogen-bond acceptors (Lipinski definition) is 4. The fourth-order valence-corrected chi connectivity index (χ4v) is 3.50. The van der Waals surface area contributed by atoms with E-state index in [1.54, 1.807) is 6.07 Å². The van der Waals surface area contributed by atoms with Gasteiger partial charge in [0.05, 0.1) is 10.6 Å². The van der Waals surface area contributed by atoms with E-state index in [0.717, 1.165) is 31.1 Å². The van der Waals surface area contributed by atoms with Crippen LogP contribution in [0.2, 0.25) is 0 Å². The minimum atomic E-state index is -0.467. The van der Waals surface area contributed by atoms with Crippen molar-refractivity contribution < 1.29 is 9.72 Å². The van der Waals surface area contributed by atoms with E-state index in [2.05, 4.69) is 17.1 Å². The van der Waals surface area contributed by atoms with E-state index in [0.29, 0.717) is 11.3 Å². The molecule has 0 spiro atoms. The van der Waals surface area contributed by atoms with Crippen LogP contribution < -0.4 is 5.32 Å². The third-order valence-corrected chi connectivity index (χ3v) is 5.04. The summed E-state index contributed by atoms with van der Waals surface area (Å²) in [7, 11) is 0. The van der Waals surface area contributed by atoms with Crippen molar-refractivity contribution in [3.05, 3.63) is 69.3 Å². The maximum Gasteiger partial charge on any atom is 0.271 e. The lowest BCUT2D eigenvalue weighted by molar-refractivity contribution is -0.384. The quantitative estimate of drug-likeness (QED) is 0.628. The fourth-order valence-electron chi connectivity index (χ4n) is 3.50. The summed E-state index contributed by atoms with van der Waals surface area (Å²) in [5.74, 6) is 0.471. The Morgan fingerprint density at radius 2 is 2.00 bits per heavy atom. The number of rotatable bonds is 5. The van der Waals surface area contributed by atoms with Crippen molar-refractivity contribution >= 4 is 17.3 Å². The number of benzene rings is 2. The van der Waals surface area contributed by atoms with Gasteiger partial charge >= 0.3 is 0 Å². The van der Waals surface area contributed by atoms with Crippen LogP contribution in [0.5, 0.6) is 0 Å². The van der Waals surface area contributed by atoms with E-state index in [9.17, 15) is 14.9 Å². The maximum absolute atomic E-state index is 12.5. The van der Waals surface area contributed by atoms with Crippen molar-refractivity contribution in [2.24, 2.45) is 5.92 Å². The first-order chi connectivity index (χ1) is 12.9. The molecule has 0 radical (unpaired) electrons. The standard InChI is InChI=1S/C21H25N3O3/c1-15-4-3-11-23(13-15)14-17-6-8-18(9-7-17)21(25)22-20-12-19(24(26)27)10-5-16(20)2/h5-10,12,15H,3-4,11,13-14H2,1-2H3,(H,22,25)/t15-/m0/s1. The highest BCUT2D eigenvalue weighted by atomic mass is 16.6. The SMILES string of the molecule is Cc1ccc([N+](=O)[O-])cc1NC(=O)c1ccc(CN2CCC[C@H](C)C2)cc1. The summed E-state index contributed by atoms with van der Waals surface area (Å²) in [6.07, 6.45) is 2.54. The molecule has 6 heteroatoms. The highest BCUT2D eigenvalue weighted by Gasteiger charge is 2.17. The summed E-state index contributed by atoms with van der Waals surface area (Å²) in [5, 5.41) is 13.7. The van der Waals surface area contributed by atoms with Crippen molar-refractivity contribution in [3.63, 3.8) is 0 Å². The minimum absolute atomic E-state index is 0.0398. The van der Waals surface area contributed by atoms with Crippen LogP contribution >= 0.6 is 0 Å². The molecule has 0 saturated carbocycles. The van der Waals surface area contributed by atoms with Crippen molar-refractivity contribution in [2.45, 2.75) is 33.2 Å². The fraction of sp³-hybridized carbons (Fsp3) is 0.381. The number of nitrogens with one attached hydrogen (secondary N) is 1. The molecular weight excluding hydrogens is 342 g/mol. The molecule has 142 valence electrons. The first kappa shape index (κ1) is 19.0. The predicted octanol–water partition coefficient (Wildman–Crippen LogP) is 4.39. The second-order valence-electron chi connectivity index (χ2n) is 7.39. The van der Waals surface area contributed by atoms with E-state index in [4.69, 9.17) is 0 Å². The smallest absolute Gasteiger partial charge is 0.271 e. The maximum atomic E-state index is 12.5. The molecule has 0 aromatic heterocycles. The van der Waals surface area contributed by atoms with Crippen molar-refractivity contribution in [1.29, 1.82) is 0 Å². The Hall–Kier alpha value is -2.73. The summed E-state index contributed by atoms with van der Waals surface area (Å²) in [5.41, 5.74) is 2.93. The van der Waals surface area contributed by atoms with Gasteiger partial charge in [-0.1, -0.05) is 25.1 Å². The molecular formula is C21H25N3O3. The largest absolute Gasteiger partial charge is 0.321 e. The van der Waals surface area contributed by atoms with Gasteiger partial charge in [0, 0.05) is 30.8 Å². The monoisotopic (exact) mass is 367 g/mol.